The summed E-state index contributed by atoms with van der Waals surface area (Å²) < 4.78 is 41.9. The third kappa shape index (κ3) is 3.39. The molecule has 0 bridgehead atoms. The van der Waals surface area contributed by atoms with E-state index in [2.05, 4.69) is 4.98 Å². The summed E-state index contributed by atoms with van der Waals surface area (Å²) in [5.41, 5.74) is 9.63. The number of alkyl halides is 3. The molecule has 0 aliphatic carbocycles. The second-order valence-electron chi connectivity index (χ2n) is 6.73. The second-order valence-corrected chi connectivity index (χ2v) is 6.73. The Kier molecular flexibility index (Phi) is 5.01. The van der Waals surface area contributed by atoms with Crippen LogP contribution in [0.5, 0.6) is 0 Å². The topological polar surface area (TPSA) is 67.6 Å². The maximum absolute atomic E-state index is 13.4. The van der Waals surface area contributed by atoms with Gasteiger partial charge >= 0.3 is 6.18 Å². The van der Waals surface area contributed by atoms with Gasteiger partial charge in [-0.05, 0) is 42.7 Å². The molecule has 0 saturated carbocycles. The van der Waals surface area contributed by atoms with Crippen molar-refractivity contribution in [3.05, 3.63) is 64.5 Å². The number of nitrogens with zero attached hydrogens (tertiary/aromatic N) is 3. The van der Waals surface area contributed by atoms with E-state index in [9.17, 15) is 13.2 Å². The molecule has 28 heavy (non-hydrogen) atoms. The van der Waals surface area contributed by atoms with Gasteiger partial charge in [-0.3, -0.25) is 0 Å². The molecule has 2 N–H and O–H groups in total. The van der Waals surface area contributed by atoms with Gasteiger partial charge in [-0.15, -0.1) is 0 Å². The summed E-state index contributed by atoms with van der Waals surface area (Å²) in [4.78, 5) is 4.46. The van der Waals surface area contributed by atoms with E-state index in [0.717, 1.165) is 28.3 Å². The van der Waals surface area contributed by atoms with Crippen LogP contribution < -0.4 is 5.73 Å². The predicted molar refractivity (Wildman–Crippen MR) is 101 cm³/mol. The minimum Gasteiger partial charge on any atom is -0.333 e. The molecule has 2 aromatic carbocycles. The zero-order valence-electron chi connectivity index (χ0n) is 15.7. The molecule has 3 rings (SSSR count). The van der Waals surface area contributed by atoms with Gasteiger partial charge in [0.2, 0.25) is 0 Å². The second kappa shape index (κ2) is 7.13. The maximum atomic E-state index is 13.4. The number of aryl methyl sites for hydroxylation is 3. The normalized spacial score (nSPS) is 11.5. The number of nitriles is 1. The lowest BCUT2D eigenvalue weighted by Gasteiger charge is -2.15. The van der Waals surface area contributed by atoms with Crippen molar-refractivity contribution in [2.75, 3.05) is 0 Å². The van der Waals surface area contributed by atoms with E-state index in [0.29, 0.717) is 23.5 Å². The van der Waals surface area contributed by atoms with E-state index in [-0.39, 0.29) is 0 Å². The van der Waals surface area contributed by atoms with Gasteiger partial charge in [0.1, 0.15) is 0 Å². The molecule has 0 saturated heterocycles. The molecule has 144 valence electrons. The fraction of sp³-hybridized carbons (Fsp3) is 0.238. The average molecular weight is 384 g/mol. The van der Waals surface area contributed by atoms with Crippen molar-refractivity contribution in [1.29, 1.82) is 5.26 Å². The predicted octanol–water partition coefficient (Wildman–Crippen LogP) is 4.72. The van der Waals surface area contributed by atoms with Gasteiger partial charge in [0.05, 0.1) is 34.9 Å². The number of aromatic nitrogens is 2. The fourth-order valence-corrected chi connectivity index (χ4v) is 3.52. The van der Waals surface area contributed by atoms with Crippen LogP contribution in [0, 0.1) is 25.2 Å². The van der Waals surface area contributed by atoms with Gasteiger partial charge in [0.25, 0.3) is 0 Å². The van der Waals surface area contributed by atoms with Crippen molar-refractivity contribution in [2.45, 2.75) is 26.6 Å². The van der Waals surface area contributed by atoms with E-state index < -0.39 is 17.3 Å². The fourth-order valence-electron chi connectivity index (χ4n) is 3.52. The third-order valence-electron chi connectivity index (χ3n) is 4.72. The summed E-state index contributed by atoms with van der Waals surface area (Å²) in [6, 6.07) is 9.26. The number of imidazole rings is 1. The standard InChI is InChI=1S/C21H19F3N4/c1-12-6-14(9-25)7-13(2)18(12)19-20(28(3)11-27-19)15-4-5-16(10-26)17(8-15)21(22,23)24/h4-8,11H,9,25H2,1-3H3. The molecule has 0 unspecified atom stereocenters. The van der Waals surface area contributed by atoms with Crippen LogP contribution in [-0.2, 0) is 19.8 Å². The number of hydrogen-bond donors (Lipinski definition) is 1. The number of hydrogen-bond acceptors (Lipinski definition) is 3. The molecule has 0 aliphatic rings. The molecule has 0 amide bonds. The van der Waals surface area contributed by atoms with Crippen LogP contribution in [0.2, 0.25) is 0 Å². The molecule has 1 aromatic heterocycles. The van der Waals surface area contributed by atoms with Crippen LogP contribution in [0.3, 0.4) is 0 Å². The monoisotopic (exact) mass is 384 g/mol. The van der Waals surface area contributed by atoms with Crippen LogP contribution in [0.1, 0.15) is 27.8 Å². The van der Waals surface area contributed by atoms with E-state index in [4.69, 9.17) is 11.0 Å². The molecule has 4 nitrogen and oxygen atoms in total. The number of rotatable bonds is 3. The highest BCUT2D eigenvalue weighted by atomic mass is 19.4. The summed E-state index contributed by atoms with van der Waals surface area (Å²) >= 11 is 0. The highest BCUT2D eigenvalue weighted by Gasteiger charge is 2.34. The largest absolute Gasteiger partial charge is 0.417 e. The highest BCUT2D eigenvalue weighted by molar-refractivity contribution is 5.82. The molecular formula is C21H19F3N4. The van der Waals surface area contributed by atoms with Crippen molar-refractivity contribution in [2.24, 2.45) is 12.8 Å². The van der Waals surface area contributed by atoms with Crippen LogP contribution in [-0.4, -0.2) is 9.55 Å². The first kappa shape index (κ1) is 19.6. The average Bonchev–Trinajstić information content (AvgIpc) is 3.00. The van der Waals surface area contributed by atoms with Crippen molar-refractivity contribution in [1.82, 2.24) is 9.55 Å². The Hall–Kier alpha value is -3.11. The first-order valence-corrected chi connectivity index (χ1v) is 8.61. The summed E-state index contributed by atoms with van der Waals surface area (Å²) in [5, 5.41) is 9.03. The van der Waals surface area contributed by atoms with Crippen molar-refractivity contribution in [3.63, 3.8) is 0 Å². The minimum absolute atomic E-state index is 0.350. The van der Waals surface area contributed by atoms with Crippen LogP contribution >= 0.6 is 0 Å². The van der Waals surface area contributed by atoms with Gasteiger partial charge in [-0.1, -0.05) is 18.2 Å². The van der Waals surface area contributed by atoms with Crippen molar-refractivity contribution >= 4 is 0 Å². The Balaban J connectivity index is 2.26. The van der Waals surface area contributed by atoms with E-state index >= 15 is 0 Å². The van der Waals surface area contributed by atoms with E-state index in [1.54, 1.807) is 24.0 Å². The van der Waals surface area contributed by atoms with Gasteiger partial charge in [0.15, 0.2) is 0 Å². The zero-order valence-corrected chi connectivity index (χ0v) is 15.7. The number of halogens is 3. The van der Waals surface area contributed by atoms with Gasteiger partial charge in [-0.2, -0.15) is 18.4 Å². The lowest BCUT2D eigenvalue weighted by molar-refractivity contribution is -0.137. The maximum Gasteiger partial charge on any atom is 0.417 e. The first-order valence-electron chi connectivity index (χ1n) is 8.61. The summed E-state index contributed by atoms with van der Waals surface area (Å²) in [6.07, 6.45) is -3.04. The Morgan fingerprint density at radius 3 is 2.32 bits per heavy atom. The zero-order chi connectivity index (χ0) is 20.6. The van der Waals surface area contributed by atoms with Crippen LogP contribution in [0.25, 0.3) is 22.5 Å². The molecule has 7 heteroatoms. The van der Waals surface area contributed by atoms with E-state index in [1.807, 2.05) is 26.0 Å². The highest BCUT2D eigenvalue weighted by Crippen LogP contribution is 2.39. The lowest BCUT2D eigenvalue weighted by atomic mass is 9.93. The van der Waals surface area contributed by atoms with Gasteiger partial charge < -0.3 is 10.3 Å². The summed E-state index contributed by atoms with van der Waals surface area (Å²) in [5.74, 6) is 0. The quantitative estimate of drug-likeness (QED) is 0.710. The number of nitrogens with two attached hydrogens (primary N) is 1. The Labute approximate surface area is 161 Å². The molecule has 0 fully saturated rings. The van der Waals surface area contributed by atoms with E-state index in [1.165, 1.54) is 12.1 Å². The number of benzene rings is 2. The molecule has 0 spiro atoms. The van der Waals surface area contributed by atoms with Crippen LogP contribution in [0.4, 0.5) is 13.2 Å². The summed E-state index contributed by atoms with van der Waals surface area (Å²) in [6.45, 7) is 4.27. The molecule has 3 aromatic rings. The smallest absolute Gasteiger partial charge is 0.333 e. The van der Waals surface area contributed by atoms with Gasteiger partial charge in [0, 0.05) is 24.7 Å². The van der Waals surface area contributed by atoms with Crippen molar-refractivity contribution < 1.29 is 13.2 Å². The molecular weight excluding hydrogens is 365 g/mol. The first-order chi connectivity index (χ1) is 13.2. The molecule has 0 atom stereocenters. The summed E-state index contributed by atoms with van der Waals surface area (Å²) in [7, 11) is 1.73. The Bertz CT molecular complexity index is 1070. The Morgan fingerprint density at radius 1 is 1.14 bits per heavy atom. The molecule has 0 aliphatic heterocycles. The molecule has 1 heterocycles. The van der Waals surface area contributed by atoms with Crippen LogP contribution in [0.15, 0.2) is 36.7 Å². The minimum atomic E-state index is -4.62. The Morgan fingerprint density at radius 2 is 1.79 bits per heavy atom. The van der Waals surface area contributed by atoms with Gasteiger partial charge in [-0.25, -0.2) is 4.98 Å². The third-order valence-corrected chi connectivity index (χ3v) is 4.72. The van der Waals surface area contributed by atoms with Crippen molar-refractivity contribution in [3.8, 4) is 28.6 Å². The molecule has 0 radical (unpaired) electrons. The lowest BCUT2D eigenvalue weighted by Crippen LogP contribution is -2.08. The SMILES string of the molecule is Cc1cc(CN)cc(C)c1-c1ncn(C)c1-c1ccc(C#N)c(C(F)(F)F)c1.